The summed E-state index contributed by atoms with van der Waals surface area (Å²) in [5, 5.41) is 10.7. The predicted octanol–water partition coefficient (Wildman–Crippen LogP) is 2.35. The first-order chi connectivity index (χ1) is 11.5. The summed E-state index contributed by atoms with van der Waals surface area (Å²) in [6.07, 6.45) is 2.17. The van der Waals surface area contributed by atoms with E-state index in [4.69, 9.17) is 4.74 Å². The summed E-state index contributed by atoms with van der Waals surface area (Å²) < 4.78 is 5.77. The third kappa shape index (κ3) is 3.57. The molecule has 1 aromatic carbocycles. The Labute approximate surface area is 141 Å². The number of hydrogen-bond acceptors (Lipinski definition) is 4. The molecule has 1 aliphatic heterocycles. The van der Waals surface area contributed by atoms with Crippen molar-refractivity contribution in [2.75, 3.05) is 19.7 Å². The molecule has 126 valence electrons. The number of carbonyl (C=O) groups is 1. The van der Waals surface area contributed by atoms with Gasteiger partial charge in [-0.05, 0) is 43.5 Å². The highest BCUT2D eigenvalue weighted by Crippen LogP contribution is 2.25. The highest BCUT2D eigenvalue weighted by atomic mass is 16.5. The molecule has 1 aromatic heterocycles. The number of nitrogens with zero attached hydrogens (tertiary/aromatic N) is 2. The van der Waals surface area contributed by atoms with E-state index >= 15 is 0 Å². The molecule has 5 nitrogen and oxygen atoms in total. The van der Waals surface area contributed by atoms with E-state index in [2.05, 4.69) is 4.98 Å². The van der Waals surface area contributed by atoms with E-state index in [1.165, 1.54) is 0 Å². The minimum atomic E-state index is -1.03. The molecule has 0 saturated carbocycles. The fraction of sp³-hybridized carbons (Fsp3) is 0.368. The first kappa shape index (κ1) is 16.5. The highest BCUT2D eigenvalue weighted by Gasteiger charge is 2.39. The Bertz CT molecular complexity index is 730. The number of likely N-dealkylation sites (tertiary alicyclic amines) is 1. The fourth-order valence-corrected chi connectivity index (χ4v) is 2.83. The van der Waals surface area contributed by atoms with Crippen LogP contribution in [0.1, 0.15) is 28.0 Å². The van der Waals surface area contributed by atoms with Crippen LogP contribution in [0.3, 0.4) is 0 Å². The number of hydrogen-bond donors (Lipinski definition) is 1. The largest absolute Gasteiger partial charge is 0.490 e. The van der Waals surface area contributed by atoms with E-state index in [0.29, 0.717) is 18.7 Å². The number of pyridine rings is 1. The fourth-order valence-electron chi connectivity index (χ4n) is 2.83. The maximum absolute atomic E-state index is 12.5. The van der Waals surface area contributed by atoms with Crippen molar-refractivity contribution in [1.29, 1.82) is 0 Å². The molecule has 0 aliphatic carbocycles. The zero-order chi connectivity index (χ0) is 17.2. The zero-order valence-corrected chi connectivity index (χ0v) is 14.0. The van der Waals surface area contributed by atoms with Crippen LogP contribution in [0.15, 0.2) is 42.6 Å². The molecule has 0 bridgehead atoms. The van der Waals surface area contributed by atoms with Gasteiger partial charge in [0.15, 0.2) is 0 Å². The molecule has 1 amide bonds. The number of aliphatic hydroxyl groups is 1. The van der Waals surface area contributed by atoms with Crippen LogP contribution in [0.4, 0.5) is 0 Å². The molecule has 5 heteroatoms. The van der Waals surface area contributed by atoms with Crippen LogP contribution in [0.5, 0.6) is 5.75 Å². The monoisotopic (exact) mass is 326 g/mol. The molecule has 0 spiro atoms. The predicted molar refractivity (Wildman–Crippen MR) is 91.1 cm³/mol. The highest BCUT2D eigenvalue weighted by molar-refractivity contribution is 5.92. The van der Waals surface area contributed by atoms with Crippen LogP contribution in [-0.2, 0) is 0 Å². The van der Waals surface area contributed by atoms with E-state index < -0.39 is 5.60 Å². The number of aromatic nitrogens is 1. The molecule has 1 fully saturated rings. The van der Waals surface area contributed by atoms with Crippen molar-refractivity contribution in [3.05, 3.63) is 59.4 Å². The summed E-state index contributed by atoms with van der Waals surface area (Å²) in [5.74, 6) is 0.609. The van der Waals surface area contributed by atoms with Crippen LogP contribution in [0.25, 0.3) is 0 Å². The third-order valence-electron chi connectivity index (χ3n) is 4.34. The Morgan fingerprint density at radius 1 is 1.29 bits per heavy atom. The smallest absolute Gasteiger partial charge is 0.272 e. The number of rotatable bonds is 4. The molecule has 1 N–H and O–H groups in total. The van der Waals surface area contributed by atoms with Gasteiger partial charge in [-0.25, -0.2) is 0 Å². The Balaban J connectivity index is 1.62. The van der Waals surface area contributed by atoms with Crippen LogP contribution in [0.2, 0.25) is 0 Å². The van der Waals surface area contributed by atoms with Crippen molar-refractivity contribution in [2.24, 2.45) is 0 Å². The van der Waals surface area contributed by atoms with E-state index in [0.717, 1.165) is 16.9 Å². The van der Waals surface area contributed by atoms with E-state index in [-0.39, 0.29) is 19.1 Å². The summed E-state index contributed by atoms with van der Waals surface area (Å²) in [4.78, 5) is 18.3. The lowest BCUT2D eigenvalue weighted by Crippen LogP contribution is -2.40. The molecule has 2 heterocycles. The lowest BCUT2D eigenvalue weighted by molar-refractivity contribution is 0.00407. The number of benzene rings is 1. The van der Waals surface area contributed by atoms with Gasteiger partial charge in [0.1, 0.15) is 23.7 Å². The molecule has 2 aromatic rings. The van der Waals surface area contributed by atoms with Crippen molar-refractivity contribution < 1.29 is 14.6 Å². The quantitative estimate of drug-likeness (QED) is 0.937. The second-order valence-corrected chi connectivity index (χ2v) is 6.48. The average molecular weight is 326 g/mol. The van der Waals surface area contributed by atoms with Gasteiger partial charge in [0.05, 0.1) is 6.54 Å². The second-order valence-electron chi connectivity index (χ2n) is 6.48. The summed E-state index contributed by atoms with van der Waals surface area (Å²) in [7, 11) is 0. The minimum Gasteiger partial charge on any atom is -0.490 e. The lowest BCUT2D eigenvalue weighted by atomic mass is 10.1. The average Bonchev–Trinajstić information content (AvgIpc) is 2.97. The van der Waals surface area contributed by atoms with Gasteiger partial charge < -0.3 is 14.7 Å². The lowest BCUT2D eigenvalue weighted by Gasteiger charge is -2.24. The molecule has 0 radical (unpaired) electrons. The summed E-state index contributed by atoms with van der Waals surface area (Å²) in [6.45, 7) is 4.82. The summed E-state index contributed by atoms with van der Waals surface area (Å²) in [5.41, 5.74) is 1.42. The number of carbonyl (C=O) groups excluding carboxylic acids is 1. The van der Waals surface area contributed by atoms with Crippen LogP contribution in [0, 0.1) is 13.8 Å². The SMILES string of the molecule is Cc1ccc(C(=O)N2CCC(O)(COc3ccccc3C)C2)nc1. The van der Waals surface area contributed by atoms with Crippen molar-refractivity contribution >= 4 is 5.91 Å². The van der Waals surface area contributed by atoms with Crippen LogP contribution >= 0.6 is 0 Å². The first-order valence-electron chi connectivity index (χ1n) is 8.10. The van der Waals surface area contributed by atoms with Crippen LogP contribution in [-0.4, -0.2) is 46.2 Å². The maximum Gasteiger partial charge on any atom is 0.272 e. The topological polar surface area (TPSA) is 62.7 Å². The first-order valence-corrected chi connectivity index (χ1v) is 8.10. The number of para-hydroxylation sites is 1. The van der Waals surface area contributed by atoms with Gasteiger partial charge in [-0.3, -0.25) is 9.78 Å². The molecule has 24 heavy (non-hydrogen) atoms. The number of amides is 1. The van der Waals surface area contributed by atoms with Gasteiger partial charge in [0.2, 0.25) is 0 Å². The summed E-state index contributed by atoms with van der Waals surface area (Å²) in [6, 6.07) is 11.3. The molecule has 3 rings (SSSR count). The maximum atomic E-state index is 12.5. The van der Waals surface area contributed by atoms with Gasteiger partial charge in [0, 0.05) is 12.7 Å². The molecule has 1 unspecified atom stereocenters. The molecule has 1 saturated heterocycles. The van der Waals surface area contributed by atoms with Gasteiger partial charge in [0.25, 0.3) is 5.91 Å². The van der Waals surface area contributed by atoms with Crippen molar-refractivity contribution in [3.8, 4) is 5.75 Å². The molecule has 1 aliphatic rings. The normalized spacial score (nSPS) is 20.2. The van der Waals surface area contributed by atoms with Crippen molar-refractivity contribution in [1.82, 2.24) is 9.88 Å². The Kier molecular flexibility index (Phi) is 4.53. The van der Waals surface area contributed by atoms with E-state index in [9.17, 15) is 9.90 Å². The number of aryl methyl sites for hydroxylation is 2. The van der Waals surface area contributed by atoms with E-state index in [1.54, 1.807) is 17.2 Å². The van der Waals surface area contributed by atoms with Gasteiger partial charge in [-0.2, -0.15) is 0 Å². The second kappa shape index (κ2) is 6.61. The van der Waals surface area contributed by atoms with Crippen molar-refractivity contribution in [2.45, 2.75) is 25.9 Å². The number of ether oxygens (including phenoxy) is 1. The van der Waals surface area contributed by atoms with Gasteiger partial charge in [-0.15, -0.1) is 0 Å². The summed E-state index contributed by atoms with van der Waals surface area (Å²) >= 11 is 0. The Morgan fingerprint density at radius 3 is 2.79 bits per heavy atom. The Hall–Kier alpha value is -2.40. The molecule has 1 atom stereocenters. The molecular formula is C19H22N2O3. The third-order valence-corrected chi connectivity index (χ3v) is 4.34. The van der Waals surface area contributed by atoms with Gasteiger partial charge >= 0.3 is 0 Å². The molecular weight excluding hydrogens is 304 g/mol. The standard InChI is InChI=1S/C19H22N2O3/c1-14-7-8-16(20-11-14)18(22)21-10-9-19(23,12-21)13-24-17-6-4-3-5-15(17)2/h3-8,11,23H,9-10,12-13H2,1-2H3. The van der Waals surface area contributed by atoms with Gasteiger partial charge in [-0.1, -0.05) is 24.3 Å². The zero-order valence-electron chi connectivity index (χ0n) is 14.0. The van der Waals surface area contributed by atoms with E-state index in [1.807, 2.05) is 44.2 Å². The van der Waals surface area contributed by atoms with Crippen LogP contribution < -0.4 is 4.74 Å². The minimum absolute atomic E-state index is 0.151. The Morgan fingerprint density at radius 2 is 2.08 bits per heavy atom. The number of β-amino-alcohol motifs (C(OH)–C–C–N with tert-alkyl or cyclic N) is 1. The van der Waals surface area contributed by atoms with Crippen molar-refractivity contribution in [3.63, 3.8) is 0 Å².